The molecular formula is C13H26N2O3S. The van der Waals surface area contributed by atoms with E-state index in [-0.39, 0.29) is 12.5 Å². The van der Waals surface area contributed by atoms with Crippen LogP contribution in [0.3, 0.4) is 0 Å². The molecule has 0 bridgehead atoms. The van der Waals surface area contributed by atoms with Gasteiger partial charge in [-0.05, 0) is 31.6 Å². The van der Waals surface area contributed by atoms with Crippen LogP contribution in [0, 0.1) is 5.92 Å². The van der Waals surface area contributed by atoms with Crippen molar-refractivity contribution in [3.05, 3.63) is 0 Å². The maximum absolute atomic E-state index is 12.1. The Labute approximate surface area is 117 Å². The molecule has 0 aliphatic carbocycles. The molecule has 1 aliphatic heterocycles. The normalized spacial score (nSPS) is 17.2. The van der Waals surface area contributed by atoms with Gasteiger partial charge in [-0.25, -0.2) is 8.42 Å². The Morgan fingerprint density at radius 1 is 1.21 bits per heavy atom. The van der Waals surface area contributed by atoms with Gasteiger partial charge >= 0.3 is 0 Å². The molecule has 19 heavy (non-hydrogen) atoms. The highest BCUT2D eigenvalue weighted by molar-refractivity contribution is 7.88. The lowest BCUT2D eigenvalue weighted by Crippen LogP contribution is -2.44. The first-order chi connectivity index (χ1) is 8.80. The quantitative estimate of drug-likeness (QED) is 0.741. The van der Waals surface area contributed by atoms with Gasteiger partial charge in [-0.3, -0.25) is 4.79 Å². The smallest absolute Gasteiger partial charge is 0.237 e. The Morgan fingerprint density at radius 3 is 2.26 bits per heavy atom. The number of piperidine rings is 1. The number of amides is 1. The van der Waals surface area contributed by atoms with Gasteiger partial charge < -0.3 is 4.90 Å². The lowest BCUT2D eigenvalue weighted by atomic mass is 10.1. The summed E-state index contributed by atoms with van der Waals surface area (Å²) in [6.45, 7) is 6.04. The van der Waals surface area contributed by atoms with Gasteiger partial charge in [0.15, 0.2) is 0 Å². The molecule has 0 radical (unpaired) electrons. The second-order valence-electron chi connectivity index (χ2n) is 5.72. The standard InChI is InChI=1S/C13H26N2O3S/c1-12(2)7-10-15(19(3,17)18)11-13(16)14-8-5-4-6-9-14/h12H,4-11H2,1-3H3. The Bertz CT molecular complexity index is 387. The highest BCUT2D eigenvalue weighted by Crippen LogP contribution is 2.11. The van der Waals surface area contributed by atoms with E-state index in [0.29, 0.717) is 12.5 Å². The molecule has 0 saturated carbocycles. The molecule has 1 fully saturated rings. The Balaban J connectivity index is 2.58. The molecule has 1 heterocycles. The Kier molecular flexibility index (Phi) is 6.26. The third kappa shape index (κ3) is 5.91. The maximum atomic E-state index is 12.1. The summed E-state index contributed by atoms with van der Waals surface area (Å²) in [4.78, 5) is 13.9. The Morgan fingerprint density at radius 2 is 1.79 bits per heavy atom. The van der Waals surface area contributed by atoms with Crippen molar-refractivity contribution in [2.24, 2.45) is 5.92 Å². The molecule has 0 atom stereocenters. The average Bonchev–Trinajstić information content (AvgIpc) is 2.33. The molecule has 0 aromatic heterocycles. The van der Waals surface area contributed by atoms with E-state index in [1.54, 1.807) is 4.90 Å². The first-order valence-corrected chi connectivity index (χ1v) is 8.88. The number of nitrogens with zero attached hydrogens (tertiary/aromatic N) is 2. The Hall–Kier alpha value is -0.620. The zero-order valence-electron chi connectivity index (χ0n) is 12.3. The average molecular weight is 290 g/mol. The fourth-order valence-electron chi connectivity index (χ4n) is 2.16. The largest absolute Gasteiger partial charge is 0.342 e. The van der Waals surface area contributed by atoms with E-state index in [0.717, 1.165) is 38.8 Å². The summed E-state index contributed by atoms with van der Waals surface area (Å²) < 4.78 is 24.7. The van der Waals surface area contributed by atoms with E-state index in [2.05, 4.69) is 0 Å². The maximum Gasteiger partial charge on any atom is 0.237 e. The van der Waals surface area contributed by atoms with Crippen molar-refractivity contribution < 1.29 is 13.2 Å². The topological polar surface area (TPSA) is 57.7 Å². The molecule has 1 aliphatic rings. The van der Waals surface area contributed by atoms with E-state index in [4.69, 9.17) is 0 Å². The predicted octanol–water partition coefficient (Wildman–Crippen LogP) is 1.31. The fourth-order valence-corrected chi connectivity index (χ4v) is 2.94. The monoisotopic (exact) mass is 290 g/mol. The highest BCUT2D eigenvalue weighted by atomic mass is 32.2. The molecular weight excluding hydrogens is 264 g/mol. The van der Waals surface area contributed by atoms with E-state index < -0.39 is 10.0 Å². The van der Waals surface area contributed by atoms with Gasteiger partial charge in [0.1, 0.15) is 0 Å². The van der Waals surface area contributed by atoms with Crippen molar-refractivity contribution in [1.29, 1.82) is 0 Å². The van der Waals surface area contributed by atoms with Crippen molar-refractivity contribution >= 4 is 15.9 Å². The van der Waals surface area contributed by atoms with Crippen LogP contribution < -0.4 is 0 Å². The molecule has 5 nitrogen and oxygen atoms in total. The number of likely N-dealkylation sites (tertiary alicyclic amines) is 1. The zero-order valence-corrected chi connectivity index (χ0v) is 13.1. The molecule has 0 N–H and O–H groups in total. The van der Waals surface area contributed by atoms with Crippen LogP contribution in [0.25, 0.3) is 0 Å². The van der Waals surface area contributed by atoms with E-state index in [1.165, 1.54) is 10.6 Å². The lowest BCUT2D eigenvalue weighted by molar-refractivity contribution is -0.132. The minimum absolute atomic E-state index is 0.00838. The first-order valence-electron chi connectivity index (χ1n) is 7.03. The molecule has 1 rings (SSSR count). The van der Waals surface area contributed by atoms with Gasteiger partial charge in [-0.2, -0.15) is 4.31 Å². The SMILES string of the molecule is CC(C)CCN(CC(=O)N1CCCCC1)S(C)(=O)=O. The zero-order chi connectivity index (χ0) is 14.5. The second kappa shape index (κ2) is 7.24. The highest BCUT2D eigenvalue weighted by Gasteiger charge is 2.24. The third-order valence-electron chi connectivity index (χ3n) is 3.45. The number of carbonyl (C=O) groups is 1. The van der Waals surface area contributed by atoms with E-state index in [1.807, 2.05) is 13.8 Å². The summed E-state index contributed by atoms with van der Waals surface area (Å²) in [5, 5.41) is 0. The molecule has 0 aromatic carbocycles. The number of rotatable bonds is 6. The summed E-state index contributed by atoms with van der Waals surface area (Å²) in [6.07, 6.45) is 5.16. The van der Waals surface area contributed by atoms with Gasteiger partial charge in [0.05, 0.1) is 12.8 Å². The lowest BCUT2D eigenvalue weighted by Gasteiger charge is -2.29. The van der Waals surface area contributed by atoms with E-state index >= 15 is 0 Å². The third-order valence-corrected chi connectivity index (χ3v) is 4.69. The van der Waals surface area contributed by atoms with Crippen molar-refractivity contribution in [2.75, 3.05) is 32.4 Å². The molecule has 6 heteroatoms. The molecule has 0 spiro atoms. The van der Waals surface area contributed by atoms with Gasteiger partial charge in [0, 0.05) is 19.6 Å². The van der Waals surface area contributed by atoms with Crippen LogP contribution in [0.1, 0.15) is 39.5 Å². The van der Waals surface area contributed by atoms with Gasteiger partial charge in [-0.15, -0.1) is 0 Å². The second-order valence-corrected chi connectivity index (χ2v) is 7.70. The summed E-state index contributed by atoms with van der Waals surface area (Å²) in [7, 11) is -3.31. The minimum Gasteiger partial charge on any atom is -0.342 e. The predicted molar refractivity (Wildman–Crippen MR) is 76.3 cm³/mol. The number of sulfonamides is 1. The van der Waals surface area contributed by atoms with Crippen LogP contribution in [-0.2, 0) is 14.8 Å². The fraction of sp³-hybridized carbons (Fsp3) is 0.923. The number of carbonyl (C=O) groups excluding carboxylic acids is 1. The number of hydrogen-bond donors (Lipinski definition) is 0. The van der Waals surface area contributed by atoms with Gasteiger partial charge in [0.2, 0.25) is 15.9 Å². The van der Waals surface area contributed by atoms with Crippen LogP contribution in [0.4, 0.5) is 0 Å². The van der Waals surface area contributed by atoms with Crippen molar-refractivity contribution in [1.82, 2.24) is 9.21 Å². The van der Waals surface area contributed by atoms with Crippen LogP contribution in [0.15, 0.2) is 0 Å². The summed E-state index contributed by atoms with van der Waals surface area (Å²) >= 11 is 0. The van der Waals surface area contributed by atoms with Crippen LogP contribution in [0.2, 0.25) is 0 Å². The van der Waals surface area contributed by atoms with Gasteiger partial charge in [-0.1, -0.05) is 13.8 Å². The molecule has 1 saturated heterocycles. The number of hydrogen-bond acceptors (Lipinski definition) is 3. The van der Waals surface area contributed by atoms with Crippen LogP contribution in [-0.4, -0.2) is 56.0 Å². The summed E-state index contributed by atoms with van der Waals surface area (Å²) in [5.41, 5.74) is 0. The van der Waals surface area contributed by atoms with Crippen molar-refractivity contribution in [2.45, 2.75) is 39.5 Å². The van der Waals surface area contributed by atoms with Crippen LogP contribution in [0.5, 0.6) is 0 Å². The van der Waals surface area contributed by atoms with Gasteiger partial charge in [0.25, 0.3) is 0 Å². The summed E-state index contributed by atoms with van der Waals surface area (Å²) in [5.74, 6) is 0.364. The van der Waals surface area contributed by atoms with Crippen molar-refractivity contribution in [3.63, 3.8) is 0 Å². The molecule has 1 amide bonds. The van der Waals surface area contributed by atoms with Crippen molar-refractivity contribution in [3.8, 4) is 0 Å². The summed E-state index contributed by atoms with van der Waals surface area (Å²) in [6, 6.07) is 0. The minimum atomic E-state index is -3.31. The molecule has 0 unspecified atom stereocenters. The van der Waals surface area contributed by atoms with Crippen LogP contribution >= 0.6 is 0 Å². The first kappa shape index (κ1) is 16.4. The molecule has 0 aromatic rings. The van der Waals surface area contributed by atoms with E-state index in [9.17, 15) is 13.2 Å². The molecule has 112 valence electrons.